The highest BCUT2D eigenvalue weighted by Gasteiger charge is 2.10. The summed E-state index contributed by atoms with van der Waals surface area (Å²) in [5.74, 6) is 0. The molecule has 0 spiro atoms. The molecular weight excluding hydrogens is 324 g/mol. The lowest BCUT2D eigenvalue weighted by atomic mass is 10.1. The smallest absolute Gasteiger partial charge is 0.0975 e. The van der Waals surface area contributed by atoms with Gasteiger partial charge in [-0.25, -0.2) is 0 Å². The van der Waals surface area contributed by atoms with Crippen LogP contribution in [-0.4, -0.2) is 9.97 Å². The zero-order valence-electron chi connectivity index (χ0n) is 13.4. The van der Waals surface area contributed by atoms with Crippen LogP contribution in [0.3, 0.4) is 0 Å². The van der Waals surface area contributed by atoms with Crippen LogP contribution in [0.15, 0.2) is 95.0 Å². The third kappa shape index (κ3) is 2.53. The Hall–Kier alpha value is -2.91. The van der Waals surface area contributed by atoms with E-state index in [1.165, 1.54) is 20.6 Å². The van der Waals surface area contributed by atoms with E-state index in [2.05, 4.69) is 70.6 Å². The average Bonchev–Trinajstić information content (AvgIpc) is 2.68. The van der Waals surface area contributed by atoms with E-state index in [1.807, 2.05) is 24.5 Å². The molecular formula is C22H14N2S. The molecule has 0 aliphatic carbocycles. The van der Waals surface area contributed by atoms with Gasteiger partial charge in [-0.05, 0) is 41.1 Å². The summed E-state index contributed by atoms with van der Waals surface area (Å²) in [5.41, 5.74) is 1.92. The lowest BCUT2D eigenvalue weighted by Gasteiger charge is -2.09. The van der Waals surface area contributed by atoms with Gasteiger partial charge in [-0.1, -0.05) is 54.2 Å². The van der Waals surface area contributed by atoms with Gasteiger partial charge in [-0.2, -0.15) is 0 Å². The summed E-state index contributed by atoms with van der Waals surface area (Å²) >= 11 is 1.78. The van der Waals surface area contributed by atoms with Crippen LogP contribution < -0.4 is 0 Å². The van der Waals surface area contributed by atoms with Crippen molar-refractivity contribution in [3.63, 3.8) is 0 Å². The number of benzene rings is 3. The van der Waals surface area contributed by atoms with Crippen LogP contribution in [0.2, 0.25) is 0 Å². The van der Waals surface area contributed by atoms with Crippen LogP contribution in [0.4, 0.5) is 0 Å². The van der Waals surface area contributed by atoms with Crippen molar-refractivity contribution in [2.45, 2.75) is 9.79 Å². The highest BCUT2D eigenvalue weighted by atomic mass is 32.2. The topological polar surface area (TPSA) is 25.8 Å². The first-order valence-corrected chi connectivity index (χ1v) is 8.99. The quantitative estimate of drug-likeness (QED) is 0.364. The summed E-state index contributed by atoms with van der Waals surface area (Å²) in [4.78, 5) is 11.5. The summed E-state index contributed by atoms with van der Waals surface area (Å²) in [7, 11) is 0. The summed E-state index contributed by atoms with van der Waals surface area (Å²) in [6.07, 6.45) is 3.66. The van der Waals surface area contributed by atoms with Crippen LogP contribution >= 0.6 is 11.8 Å². The van der Waals surface area contributed by atoms with Crippen LogP contribution in [0, 0.1) is 0 Å². The maximum Gasteiger partial charge on any atom is 0.0975 e. The van der Waals surface area contributed by atoms with Crippen molar-refractivity contribution in [1.29, 1.82) is 0 Å². The molecule has 5 aromatic rings. The summed E-state index contributed by atoms with van der Waals surface area (Å²) < 4.78 is 0. The number of fused-ring (bicyclic) bond motifs is 4. The molecule has 0 amide bonds. The second kappa shape index (κ2) is 5.87. The second-order valence-electron chi connectivity index (χ2n) is 5.96. The molecule has 0 saturated heterocycles. The molecule has 118 valence electrons. The third-order valence-electron chi connectivity index (χ3n) is 4.37. The zero-order chi connectivity index (χ0) is 16.6. The molecule has 5 rings (SSSR count). The first-order valence-electron chi connectivity index (χ1n) is 8.18. The molecule has 0 fully saturated rings. The number of hydrogen-bond donors (Lipinski definition) is 0. The third-order valence-corrected chi connectivity index (χ3v) is 5.42. The highest BCUT2D eigenvalue weighted by Crippen LogP contribution is 2.37. The van der Waals surface area contributed by atoms with Gasteiger partial charge in [0.1, 0.15) is 0 Å². The molecule has 0 unspecified atom stereocenters. The Morgan fingerprint density at radius 3 is 2.28 bits per heavy atom. The molecule has 2 heterocycles. The lowest BCUT2D eigenvalue weighted by Crippen LogP contribution is -1.87. The fourth-order valence-electron chi connectivity index (χ4n) is 3.19. The molecule has 3 aromatic carbocycles. The van der Waals surface area contributed by atoms with Gasteiger partial charge in [0.25, 0.3) is 0 Å². The Labute approximate surface area is 149 Å². The van der Waals surface area contributed by atoms with Gasteiger partial charge < -0.3 is 0 Å². The number of aromatic nitrogens is 2. The van der Waals surface area contributed by atoms with E-state index >= 15 is 0 Å². The van der Waals surface area contributed by atoms with Crippen molar-refractivity contribution in [2.75, 3.05) is 0 Å². The standard InChI is InChI=1S/C22H14N2S/c1-2-6-16-13-18(10-9-15(16)5-1)25-20-14-17-7-3-11-23-21(17)22-19(20)8-4-12-24-22/h1-14H. The minimum atomic E-state index is 0.959. The molecule has 0 aliphatic rings. The summed E-state index contributed by atoms with van der Waals surface area (Å²) in [6.45, 7) is 0. The number of pyridine rings is 2. The predicted octanol–water partition coefficient (Wildman–Crippen LogP) is 6.09. The Morgan fingerprint density at radius 2 is 1.36 bits per heavy atom. The van der Waals surface area contributed by atoms with E-state index in [0.717, 1.165) is 21.8 Å². The molecule has 0 bridgehead atoms. The van der Waals surface area contributed by atoms with Gasteiger partial charge in [-0.15, -0.1) is 0 Å². The number of hydrogen-bond acceptors (Lipinski definition) is 3. The van der Waals surface area contributed by atoms with E-state index in [-0.39, 0.29) is 0 Å². The molecule has 0 N–H and O–H groups in total. The van der Waals surface area contributed by atoms with Gasteiger partial charge in [0.15, 0.2) is 0 Å². The fraction of sp³-hybridized carbons (Fsp3) is 0. The van der Waals surface area contributed by atoms with Crippen molar-refractivity contribution in [3.8, 4) is 0 Å². The molecule has 0 saturated carbocycles. The van der Waals surface area contributed by atoms with E-state index in [4.69, 9.17) is 0 Å². The van der Waals surface area contributed by atoms with Gasteiger partial charge >= 0.3 is 0 Å². The molecule has 3 heteroatoms. The molecule has 0 atom stereocenters. The van der Waals surface area contributed by atoms with Crippen molar-refractivity contribution in [2.24, 2.45) is 0 Å². The summed E-state index contributed by atoms with van der Waals surface area (Å²) in [6, 6.07) is 25.5. The van der Waals surface area contributed by atoms with Gasteiger partial charge in [0, 0.05) is 33.0 Å². The monoisotopic (exact) mass is 338 g/mol. The normalized spacial score (nSPS) is 11.4. The van der Waals surface area contributed by atoms with Crippen LogP contribution in [0.25, 0.3) is 32.6 Å². The second-order valence-corrected chi connectivity index (χ2v) is 7.08. The average molecular weight is 338 g/mol. The van der Waals surface area contributed by atoms with Crippen LogP contribution in [0.1, 0.15) is 0 Å². The largest absolute Gasteiger partial charge is 0.254 e. The van der Waals surface area contributed by atoms with Crippen molar-refractivity contribution in [1.82, 2.24) is 9.97 Å². The minimum absolute atomic E-state index is 0.959. The van der Waals surface area contributed by atoms with Crippen molar-refractivity contribution >= 4 is 44.3 Å². The summed E-state index contributed by atoms with van der Waals surface area (Å²) in [5, 5.41) is 4.79. The Balaban J connectivity index is 1.70. The van der Waals surface area contributed by atoms with Crippen LogP contribution in [-0.2, 0) is 0 Å². The highest BCUT2D eigenvalue weighted by molar-refractivity contribution is 7.99. The zero-order valence-corrected chi connectivity index (χ0v) is 14.2. The van der Waals surface area contributed by atoms with Gasteiger partial charge in [0.2, 0.25) is 0 Å². The maximum absolute atomic E-state index is 4.59. The van der Waals surface area contributed by atoms with E-state index in [9.17, 15) is 0 Å². The predicted molar refractivity (Wildman–Crippen MR) is 105 cm³/mol. The van der Waals surface area contributed by atoms with Gasteiger partial charge in [-0.3, -0.25) is 9.97 Å². The Kier molecular flexibility index (Phi) is 3.39. The Morgan fingerprint density at radius 1 is 0.600 bits per heavy atom. The van der Waals surface area contributed by atoms with E-state index in [1.54, 1.807) is 11.8 Å². The first-order chi connectivity index (χ1) is 12.4. The first kappa shape index (κ1) is 14.4. The molecule has 25 heavy (non-hydrogen) atoms. The SMILES string of the molecule is c1ccc2cc(Sc3cc4cccnc4c4ncccc34)ccc2c1. The molecule has 2 aromatic heterocycles. The Bertz CT molecular complexity index is 1230. The van der Waals surface area contributed by atoms with E-state index in [0.29, 0.717) is 0 Å². The van der Waals surface area contributed by atoms with Crippen molar-refractivity contribution in [3.05, 3.63) is 85.2 Å². The molecule has 2 nitrogen and oxygen atoms in total. The number of nitrogens with zero attached hydrogens (tertiary/aromatic N) is 2. The van der Waals surface area contributed by atoms with E-state index < -0.39 is 0 Å². The number of rotatable bonds is 2. The minimum Gasteiger partial charge on any atom is -0.254 e. The van der Waals surface area contributed by atoms with Crippen LogP contribution in [0.5, 0.6) is 0 Å². The molecule has 0 radical (unpaired) electrons. The van der Waals surface area contributed by atoms with Crippen molar-refractivity contribution < 1.29 is 0 Å². The lowest BCUT2D eigenvalue weighted by molar-refractivity contribution is 1.35. The molecule has 0 aliphatic heterocycles. The van der Waals surface area contributed by atoms with Gasteiger partial charge in [0.05, 0.1) is 11.0 Å². The maximum atomic E-state index is 4.59. The fourth-order valence-corrected chi connectivity index (χ4v) is 4.22.